The molecule has 3 rings (SSSR count). The molecule has 1 saturated carbocycles. The summed E-state index contributed by atoms with van der Waals surface area (Å²) in [6, 6.07) is 7.30. The van der Waals surface area contributed by atoms with Gasteiger partial charge in [0.15, 0.2) is 5.75 Å². The monoisotopic (exact) mass is 311 g/mol. The Labute approximate surface area is 127 Å². The second-order valence-electron chi connectivity index (χ2n) is 5.27. The Morgan fingerprint density at radius 1 is 1.30 bits per heavy atom. The quantitative estimate of drug-likeness (QED) is 0.779. The fourth-order valence-corrected chi connectivity index (χ4v) is 2.75. The number of hydrogen-bond donors (Lipinski definition) is 2. The van der Waals surface area contributed by atoms with Gasteiger partial charge in [-0.2, -0.15) is 0 Å². The Morgan fingerprint density at radius 3 is 2.55 bits per heavy atom. The van der Waals surface area contributed by atoms with Crippen molar-refractivity contribution in [2.45, 2.75) is 25.8 Å². The molecule has 2 aromatic rings. The third-order valence-corrected chi connectivity index (χ3v) is 4.22. The molecule has 0 aliphatic heterocycles. The average molecular weight is 312 g/mol. The zero-order chi connectivity index (χ0) is 14.3. The number of phenolic OH excluding ortho intramolecular Hbond substituents is 1. The number of halogens is 2. The van der Waals surface area contributed by atoms with Crippen molar-refractivity contribution in [2.24, 2.45) is 5.92 Å². The molecule has 20 heavy (non-hydrogen) atoms. The predicted octanol–water partition coefficient (Wildman–Crippen LogP) is 5.03. The number of rotatable bonds is 4. The van der Waals surface area contributed by atoms with Gasteiger partial charge in [-0.05, 0) is 36.6 Å². The van der Waals surface area contributed by atoms with Gasteiger partial charge in [0.1, 0.15) is 11.5 Å². The van der Waals surface area contributed by atoms with Crippen LogP contribution in [0.1, 0.15) is 30.8 Å². The fourth-order valence-electron chi connectivity index (χ4n) is 2.26. The third kappa shape index (κ3) is 2.74. The first-order chi connectivity index (χ1) is 9.54. The molecule has 1 heterocycles. The highest BCUT2D eigenvalue weighted by Gasteiger charge is 2.36. The maximum atomic E-state index is 9.50. The van der Waals surface area contributed by atoms with E-state index in [0.717, 1.165) is 23.1 Å². The van der Waals surface area contributed by atoms with Crippen molar-refractivity contribution in [3.05, 3.63) is 45.8 Å². The van der Waals surface area contributed by atoms with Crippen molar-refractivity contribution >= 4 is 28.9 Å². The lowest BCUT2D eigenvalue weighted by molar-refractivity contribution is 0.468. The first-order valence-electron chi connectivity index (χ1n) is 6.55. The van der Waals surface area contributed by atoms with Crippen LogP contribution in [0.25, 0.3) is 0 Å². The van der Waals surface area contributed by atoms with Gasteiger partial charge in [-0.25, -0.2) is 0 Å². The summed E-state index contributed by atoms with van der Waals surface area (Å²) in [5.41, 5.74) is 0.746. The van der Waals surface area contributed by atoms with Gasteiger partial charge in [-0.15, -0.1) is 0 Å². The minimum absolute atomic E-state index is 0.0955. The molecule has 0 bridgehead atoms. The van der Waals surface area contributed by atoms with Crippen molar-refractivity contribution in [2.75, 3.05) is 5.32 Å². The molecule has 1 aromatic heterocycles. The summed E-state index contributed by atoms with van der Waals surface area (Å²) < 4.78 is 5.81. The van der Waals surface area contributed by atoms with Crippen LogP contribution >= 0.6 is 23.2 Å². The van der Waals surface area contributed by atoms with E-state index in [9.17, 15) is 5.11 Å². The van der Waals surface area contributed by atoms with Gasteiger partial charge in [0.25, 0.3) is 0 Å². The van der Waals surface area contributed by atoms with Crippen LogP contribution in [0.3, 0.4) is 0 Å². The molecule has 0 amide bonds. The average Bonchev–Trinajstić information content (AvgIpc) is 2.96. The van der Waals surface area contributed by atoms with Gasteiger partial charge in [0.05, 0.1) is 16.6 Å². The second kappa shape index (κ2) is 5.23. The predicted molar refractivity (Wildman–Crippen MR) is 80.7 cm³/mol. The molecule has 1 aliphatic rings. The van der Waals surface area contributed by atoms with E-state index in [1.54, 1.807) is 12.1 Å². The van der Waals surface area contributed by atoms with Crippen LogP contribution in [0.4, 0.5) is 5.69 Å². The molecule has 2 atom stereocenters. The lowest BCUT2D eigenvalue weighted by Crippen LogP contribution is -1.98. The standard InChI is InChI=1S/C15H15Cl2NO2/c1-8-4-11(8)14-3-2-10(20-14)7-18-9-5-12(16)15(19)13(17)6-9/h2-3,5-6,8,11,18-19H,4,7H2,1H3. The Bertz CT molecular complexity index is 616. The lowest BCUT2D eigenvalue weighted by Gasteiger charge is -2.07. The SMILES string of the molecule is CC1CC1c1ccc(CNc2cc(Cl)c(O)c(Cl)c2)o1. The van der Waals surface area contributed by atoms with E-state index < -0.39 is 0 Å². The molecule has 0 radical (unpaired) electrons. The van der Waals surface area contributed by atoms with E-state index in [4.69, 9.17) is 27.6 Å². The molecule has 5 heteroatoms. The van der Waals surface area contributed by atoms with Gasteiger partial charge in [-0.1, -0.05) is 30.1 Å². The molecule has 0 spiro atoms. The van der Waals surface area contributed by atoms with Gasteiger partial charge in [-0.3, -0.25) is 0 Å². The van der Waals surface area contributed by atoms with Crippen LogP contribution in [-0.4, -0.2) is 5.11 Å². The summed E-state index contributed by atoms with van der Waals surface area (Å²) in [5.74, 6) is 3.16. The van der Waals surface area contributed by atoms with E-state index >= 15 is 0 Å². The Balaban J connectivity index is 1.66. The van der Waals surface area contributed by atoms with Crippen LogP contribution < -0.4 is 5.32 Å². The summed E-state index contributed by atoms with van der Waals surface area (Å²) in [4.78, 5) is 0. The zero-order valence-corrected chi connectivity index (χ0v) is 12.5. The molecule has 1 fully saturated rings. The summed E-state index contributed by atoms with van der Waals surface area (Å²) in [5, 5.41) is 13.1. The Kier molecular flexibility index (Phi) is 3.57. The number of phenols is 1. The highest BCUT2D eigenvalue weighted by Crippen LogP contribution is 2.47. The topological polar surface area (TPSA) is 45.4 Å². The second-order valence-corrected chi connectivity index (χ2v) is 6.08. The minimum atomic E-state index is -0.0955. The third-order valence-electron chi connectivity index (χ3n) is 3.64. The van der Waals surface area contributed by atoms with E-state index in [1.165, 1.54) is 6.42 Å². The first kappa shape index (κ1) is 13.7. The number of furan rings is 1. The smallest absolute Gasteiger partial charge is 0.152 e. The van der Waals surface area contributed by atoms with E-state index in [-0.39, 0.29) is 15.8 Å². The number of aromatic hydroxyl groups is 1. The normalized spacial score (nSPS) is 20.9. The number of benzene rings is 1. The summed E-state index contributed by atoms with van der Waals surface area (Å²) in [6.07, 6.45) is 1.21. The van der Waals surface area contributed by atoms with Crippen LogP contribution in [0.15, 0.2) is 28.7 Å². The summed E-state index contributed by atoms with van der Waals surface area (Å²) in [7, 11) is 0. The van der Waals surface area contributed by atoms with Gasteiger partial charge >= 0.3 is 0 Å². The highest BCUT2D eigenvalue weighted by atomic mass is 35.5. The fraction of sp³-hybridized carbons (Fsp3) is 0.333. The Morgan fingerprint density at radius 2 is 1.95 bits per heavy atom. The van der Waals surface area contributed by atoms with Crippen LogP contribution in [-0.2, 0) is 6.54 Å². The van der Waals surface area contributed by atoms with Crippen LogP contribution in [0.5, 0.6) is 5.75 Å². The largest absolute Gasteiger partial charge is 0.505 e. The van der Waals surface area contributed by atoms with Gasteiger partial charge in [0.2, 0.25) is 0 Å². The molecule has 1 aliphatic carbocycles. The van der Waals surface area contributed by atoms with Crippen LogP contribution in [0.2, 0.25) is 10.0 Å². The van der Waals surface area contributed by atoms with Gasteiger partial charge < -0.3 is 14.8 Å². The first-order valence-corrected chi connectivity index (χ1v) is 7.30. The van der Waals surface area contributed by atoms with Crippen molar-refractivity contribution in [1.29, 1.82) is 0 Å². The minimum Gasteiger partial charge on any atom is -0.505 e. The molecular weight excluding hydrogens is 297 g/mol. The van der Waals surface area contributed by atoms with Crippen molar-refractivity contribution < 1.29 is 9.52 Å². The maximum absolute atomic E-state index is 9.50. The van der Waals surface area contributed by atoms with Crippen molar-refractivity contribution in [3.8, 4) is 5.75 Å². The Hall–Kier alpha value is -1.32. The van der Waals surface area contributed by atoms with E-state index in [2.05, 4.69) is 12.2 Å². The van der Waals surface area contributed by atoms with Crippen LogP contribution in [0, 0.1) is 5.92 Å². The van der Waals surface area contributed by atoms with Gasteiger partial charge in [0, 0.05) is 11.6 Å². The molecule has 2 N–H and O–H groups in total. The molecule has 0 saturated heterocycles. The van der Waals surface area contributed by atoms with Crippen molar-refractivity contribution in [1.82, 2.24) is 0 Å². The number of anilines is 1. The molecular formula is C15H15Cl2NO2. The zero-order valence-electron chi connectivity index (χ0n) is 11.0. The number of hydrogen-bond acceptors (Lipinski definition) is 3. The highest BCUT2D eigenvalue weighted by molar-refractivity contribution is 6.37. The lowest BCUT2D eigenvalue weighted by atomic mass is 10.3. The van der Waals surface area contributed by atoms with Crippen molar-refractivity contribution in [3.63, 3.8) is 0 Å². The maximum Gasteiger partial charge on any atom is 0.152 e. The van der Waals surface area contributed by atoms with E-state index in [1.807, 2.05) is 12.1 Å². The summed E-state index contributed by atoms with van der Waals surface area (Å²) in [6.45, 7) is 2.78. The molecule has 1 aromatic carbocycles. The van der Waals surface area contributed by atoms with E-state index in [0.29, 0.717) is 12.5 Å². The molecule has 106 valence electrons. The number of nitrogens with one attached hydrogen (secondary N) is 1. The summed E-state index contributed by atoms with van der Waals surface area (Å²) >= 11 is 11.7. The molecule has 3 nitrogen and oxygen atoms in total. The molecule has 2 unspecified atom stereocenters.